The summed E-state index contributed by atoms with van der Waals surface area (Å²) >= 11 is 6.54. The van der Waals surface area contributed by atoms with Crippen LogP contribution in [-0.2, 0) is 4.74 Å². The number of nitrogens with one attached hydrogen (secondary N) is 1. The van der Waals surface area contributed by atoms with Crippen molar-refractivity contribution in [3.8, 4) is 5.69 Å². The van der Waals surface area contributed by atoms with Gasteiger partial charge in [-0.25, -0.2) is 4.79 Å². The fourth-order valence-electron chi connectivity index (χ4n) is 2.57. The van der Waals surface area contributed by atoms with Crippen LogP contribution in [0.1, 0.15) is 31.1 Å². The Morgan fingerprint density at radius 2 is 1.84 bits per heavy atom. The predicted molar refractivity (Wildman–Crippen MR) is 95.0 cm³/mol. The third kappa shape index (κ3) is 2.67. The van der Waals surface area contributed by atoms with Gasteiger partial charge in [-0.05, 0) is 28.1 Å². The van der Waals surface area contributed by atoms with Crippen molar-refractivity contribution >= 4 is 55.5 Å². The Kier molecular flexibility index (Phi) is 4.25. The van der Waals surface area contributed by atoms with Crippen molar-refractivity contribution in [2.75, 3.05) is 12.8 Å². The van der Waals surface area contributed by atoms with E-state index < -0.39 is 23.3 Å². The fourth-order valence-corrected chi connectivity index (χ4v) is 3.97. The molecule has 0 radical (unpaired) electrons. The smallest absolute Gasteiger partial charge is 0.340 e. The highest BCUT2D eigenvalue weighted by atomic mass is 79.9. The molecule has 0 spiro atoms. The van der Waals surface area contributed by atoms with Crippen LogP contribution in [0.15, 0.2) is 31.9 Å². The van der Waals surface area contributed by atoms with Gasteiger partial charge in [-0.1, -0.05) is 15.9 Å². The number of ether oxygens (including phenoxy) is 1. The van der Waals surface area contributed by atoms with Crippen molar-refractivity contribution in [2.24, 2.45) is 0 Å². The number of hydrogen-bond acceptors (Lipinski definition) is 6. The van der Waals surface area contributed by atoms with Crippen LogP contribution < -0.4 is 16.6 Å². The lowest BCUT2D eigenvalue weighted by Gasteiger charge is -2.17. The third-order valence-electron chi connectivity index (χ3n) is 3.61. The van der Waals surface area contributed by atoms with Crippen LogP contribution in [0.5, 0.6) is 0 Å². The molecule has 0 aliphatic carbocycles. The van der Waals surface area contributed by atoms with Gasteiger partial charge in [0, 0.05) is 15.0 Å². The summed E-state index contributed by atoms with van der Waals surface area (Å²) in [7, 11) is 1.20. The van der Waals surface area contributed by atoms with Gasteiger partial charge in [0.2, 0.25) is 0 Å². The molecule has 3 N–H and O–H groups in total. The van der Waals surface area contributed by atoms with Crippen LogP contribution in [0.2, 0.25) is 0 Å². The SMILES string of the molecule is COC(=O)c1cc(Br)cc(Br)c1-n1c(N)c2c(cc1=O)C(=O)NC2=O. The first kappa shape index (κ1) is 17.4. The number of nitrogens with zero attached hydrogens (tertiary/aromatic N) is 1. The molecule has 2 amide bonds. The Bertz CT molecular complexity index is 1030. The molecule has 10 heteroatoms. The fraction of sp³-hybridized carbons (Fsp3) is 0.0667. The quantitative estimate of drug-likeness (QED) is 0.508. The van der Waals surface area contributed by atoms with Gasteiger partial charge in [0.15, 0.2) is 0 Å². The average molecular weight is 471 g/mol. The number of fused-ring (bicyclic) bond motifs is 1. The molecule has 0 bridgehead atoms. The van der Waals surface area contributed by atoms with Crippen molar-refractivity contribution in [3.05, 3.63) is 54.2 Å². The molecule has 0 saturated heterocycles. The first-order chi connectivity index (χ1) is 11.8. The minimum Gasteiger partial charge on any atom is -0.465 e. The standard InChI is InChI=1S/C15H9Br2N3O5/c1-25-15(24)7-2-5(16)3-8(17)11(7)20-9(21)4-6-10(12(20)18)14(23)19-13(6)22/h2-4H,18H2,1H3,(H,19,22,23). The van der Waals surface area contributed by atoms with E-state index in [1.165, 1.54) is 13.2 Å². The molecule has 0 fully saturated rings. The van der Waals surface area contributed by atoms with Gasteiger partial charge in [0.25, 0.3) is 17.4 Å². The number of amides is 2. The molecule has 8 nitrogen and oxygen atoms in total. The molecule has 0 unspecified atom stereocenters. The molecule has 25 heavy (non-hydrogen) atoms. The molecular weight excluding hydrogens is 462 g/mol. The number of esters is 1. The second kappa shape index (κ2) is 6.12. The van der Waals surface area contributed by atoms with E-state index in [0.29, 0.717) is 8.95 Å². The molecule has 1 aromatic heterocycles. The summed E-state index contributed by atoms with van der Waals surface area (Å²) in [4.78, 5) is 48.4. The van der Waals surface area contributed by atoms with Crippen LogP contribution in [0.4, 0.5) is 5.82 Å². The summed E-state index contributed by atoms with van der Waals surface area (Å²) in [5, 5.41) is 2.08. The number of imide groups is 1. The number of methoxy groups -OCH3 is 1. The second-order valence-corrected chi connectivity index (χ2v) is 6.82. The van der Waals surface area contributed by atoms with E-state index in [1.54, 1.807) is 6.07 Å². The van der Waals surface area contributed by atoms with Crippen molar-refractivity contribution < 1.29 is 19.1 Å². The molecule has 0 saturated carbocycles. The van der Waals surface area contributed by atoms with Crippen LogP contribution in [0.3, 0.4) is 0 Å². The number of halogens is 2. The monoisotopic (exact) mass is 469 g/mol. The van der Waals surface area contributed by atoms with Crippen molar-refractivity contribution in [1.29, 1.82) is 0 Å². The zero-order valence-corrected chi connectivity index (χ0v) is 15.7. The minimum atomic E-state index is -0.709. The normalized spacial score (nSPS) is 12.8. The Morgan fingerprint density at radius 1 is 1.16 bits per heavy atom. The summed E-state index contributed by atoms with van der Waals surface area (Å²) in [6.07, 6.45) is 0. The highest BCUT2D eigenvalue weighted by Gasteiger charge is 2.33. The Hall–Kier alpha value is -2.46. The molecule has 128 valence electrons. The first-order valence-corrected chi connectivity index (χ1v) is 8.33. The van der Waals surface area contributed by atoms with E-state index in [9.17, 15) is 19.2 Å². The van der Waals surface area contributed by atoms with Gasteiger partial charge in [-0.2, -0.15) is 0 Å². The molecule has 1 aromatic carbocycles. The molecular formula is C15H9Br2N3O5. The van der Waals surface area contributed by atoms with Crippen LogP contribution in [0, 0.1) is 0 Å². The number of pyridine rings is 1. The minimum absolute atomic E-state index is 0.0437. The number of anilines is 1. The van der Waals surface area contributed by atoms with E-state index in [-0.39, 0.29) is 28.2 Å². The van der Waals surface area contributed by atoms with Gasteiger partial charge in [0.1, 0.15) is 5.82 Å². The number of rotatable bonds is 2. The first-order valence-electron chi connectivity index (χ1n) is 6.75. The maximum atomic E-state index is 12.6. The number of nitrogen functional groups attached to an aromatic ring is 1. The van der Waals surface area contributed by atoms with Crippen molar-refractivity contribution in [3.63, 3.8) is 0 Å². The maximum Gasteiger partial charge on any atom is 0.340 e. The number of hydrogen-bond donors (Lipinski definition) is 2. The van der Waals surface area contributed by atoms with Crippen molar-refractivity contribution in [1.82, 2.24) is 9.88 Å². The van der Waals surface area contributed by atoms with Gasteiger partial charge in [-0.3, -0.25) is 24.3 Å². The summed E-state index contributed by atoms with van der Waals surface area (Å²) in [5.74, 6) is -2.36. The number of aromatic nitrogens is 1. The highest BCUT2D eigenvalue weighted by Crippen LogP contribution is 2.32. The molecule has 1 aliphatic rings. The Morgan fingerprint density at radius 3 is 2.48 bits per heavy atom. The van der Waals surface area contributed by atoms with Crippen LogP contribution in [0.25, 0.3) is 5.69 Å². The summed E-state index contributed by atoms with van der Waals surface area (Å²) in [6, 6.07) is 4.06. The van der Waals surface area contributed by atoms with E-state index in [1.807, 2.05) is 0 Å². The maximum absolute atomic E-state index is 12.6. The Balaban J connectivity index is 2.42. The zero-order chi connectivity index (χ0) is 18.5. The number of carbonyl (C=O) groups excluding carboxylic acids is 3. The van der Waals surface area contributed by atoms with E-state index in [4.69, 9.17) is 10.5 Å². The molecule has 2 aromatic rings. The molecule has 2 heterocycles. The zero-order valence-electron chi connectivity index (χ0n) is 12.6. The topological polar surface area (TPSA) is 120 Å². The van der Waals surface area contributed by atoms with Gasteiger partial charge in [0.05, 0.1) is 29.5 Å². The van der Waals surface area contributed by atoms with E-state index in [2.05, 4.69) is 37.2 Å². The third-order valence-corrected chi connectivity index (χ3v) is 4.67. The molecule has 0 atom stereocenters. The average Bonchev–Trinajstić information content (AvgIpc) is 2.82. The number of nitrogens with two attached hydrogens (primary N) is 1. The molecule has 3 rings (SSSR count). The number of benzene rings is 1. The second-order valence-electron chi connectivity index (χ2n) is 5.05. The predicted octanol–water partition coefficient (Wildman–Crippen LogP) is 1.61. The van der Waals surface area contributed by atoms with E-state index in [0.717, 1.165) is 10.6 Å². The van der Waals surface area contributed by atoms with Gasteiger partial charge >= 0.3 is 5.97 Å². The molecule has 1 aliphatic heterocycles. The highest BCUT2D eigenvalue weighted by molar-refractivity contribution is 9.11. The lowest BCUT2D eigenvalue weighted by atomic mass is 10.1. The van der Waals surface area contributed by atoms with Crippen molar-refractivity contribution in [2.45, 2.75) is 0 Å². The van der Waals surface area contributed by atoms with Crippen LogP contribution >= 0.6 is 31.9 Å². The summed E-state index contributed by atoms with van der Waals surface area (Å²) in [6.45, 7) is 0. The Labute approximate surface area is 157 Å². The van der Waals surface area contributed by atoms with E-state index >= 15 is 0 Å². The number of carbonyl (C=O) groups is 3. The van der Waals surface area contributed by atoms with Crippen LogP contribution in [-0.4, -0.2) is 29.5 Å². The lowest BCUT2D eigenvalue weighted by molar-refractivity contribution is 0.0600. The summed E-state index contributed by atoms with van der Waals surface area (Å²) in [5.41, 5.74) is 5.26. The lowest BCUT2D eigenvalue weighted by Crippen LogP contribution is -2.26. The summed E-state index contributed by atoms with van der Waals surface area (Å²) < 4.78 is 6.66. The van der Waals surface area contributed by atoms with Gasteiger partial charge < -0.3 is 10.5 Å². The largest absolute Gasteiger partial charge is 0.465 e. The van der Waals surface area contributed by atoms with Gasteiger partial charge in [-0.15, -0.1) is 0 Å².